The SMILES string of the molecule is C=C(C)C(NC)c1ccc(C)nc1. The highest BCUT2D eigenvalue weighted by atomic mass is 14.9. The van der Waals surface area contributed by atoms with E-state index in [0.29, 0.717) is 0 Å². The van der Waals surface area contributed by atoms with Crippen molar-refractivity contribution in [2.45, 2.75) is 19.9 Å². The molecule has 0 aliphatic heterocycles. The first kappa shape index (κ1) is 9.93. The van der Waals surface area contributed by atoms with Crippen molar-refractivity contribution in [3.63, 3.8) is 0 Å². The number of pyridine rings is 1. The number of hydrogen-bond acceptors (Lipinski definition) is 2. The molecule has 13 heavy (non-hydrogen) atoms. The fraction of sp³-hybridized carbons (Fsp3) is 0.364. The second kappa shape index (κ2) is 4.19. The third kappa shape index (κ3) is 2.39. The summed E-state index contributed by atoms with van der Waals surface area (Å²) < 4.78 is 0. The van der Waals surface area contributed by atoms with Gasteiger partial charge in [0.05, 0.1) is 6.04 Å². The van der Waals surface area contributed by atoms with Crippen LogP contribution in [0.5, 0.6) is 0 Å². The molecule has 0 aromatic carbocycles. The molecule has 1 heterocycles. The van der Waals surface area contributed by atoms with Crippen LogP contribution in [0.2, 0.25) is 0 Å². The summed E-state index contributed by atoms with van der Waals surface area (Å²) in [5.74, 6) is 0. The first-order chi connectivity index (χ1) is 6.15. The molecule has 1 N–H and O–H groups in total. The highest BCUT2D eigenvalue weighted by Gasteiger charge is 2.08. The van der Waals surface area contributed by atoms with Gasteiger partial charge in [0.25, 0.3) is 0 Å². The molecule has 0 aliphatic rings. The van der Waals surface area contributed by atoms with Crippen molar-refractivity contribution in [3.05, 3.63) is 41.7 Å². The maximum atomic E-state index is 4.25. The van der Waals surface area contributed by atoms with Gasteiger partial charge in [-0.25, -0.2) is 0 Å². The third-order valence-electron chi connectivity index (χ3n) is 2.05. The molecule has 0 saturated heterocycles. The Morgan fingerprint density at radius 2 is 2.23 bits per heavy atom. The smallest absolute Gasteiger partial charge is 0.0543 e. The Labute approximate surface area is 79.7 Å². The normalized spacial score (nSPS) is 12.5. The highest BCUT2D eigenvalue weighted by Crippen LogP contribution is 2.18. The van der Waals surface area contributed by atoms with Gasteiger partial charge in [0.1, 0.15) is 0 Å². The Morgan fingerprint density at radius 1 is 1.54 bits per heavy atom. The Morgan fingerprint density at radius 3 is 2.62 bits per heavy atom. The Hall–Kier alpha value is -1.15. The van der Waals surface area contributed by atoms with Gasteiger partial charge in [-0.05, 0) is 32.5 Å². The van der Waals surface area contributed by atoms with Gasteiger partial charge in [0.2, 0.25) is 0 Å². The highest BCUT2D eigenvalue weighted by molar-refractivity contribution is 5.24. The van der Waals surface area contributed by atoms with Crippen molar-refractivity contribution in [1.82, 2.24) is 10.3 Å². The lowest BCUT2D eigenvalue weighted by atomic mass is 10.0. The van der Waals surface area contributed by atoms with Crippen molar-refractivity contribution >= 4 is 0 Å². The minimum atomic E-state index is 0.216. The third-order valence-corrected chi connectivity index (χ3v) is 2.05. The van der Waals surface area contributed by atoms with Crippen LogP contribution in [0.3, 0.4) is 0 Å². The number of aryl methyl sites for hydroxylation is 1. The van der Waals surface area contributed by atoms with E-state index >= 15 is 0 Å². The molecule has 1 aromatic heterocycles. The van der Waals surface area contributed by atoms with Crippen LogP contribution in [0.25, 0.3) is 0 Å². The van der Waals surface area contributed by atoms with Gasteiger partial charge in [0, 0.05) is 11.9 Å². The number of nitrogens with zero attached hydrogens (tertiary/aromatic N) is 1. The number of nitrogens with one attached hydrogen (secondary N) is 1. The molecule has 0 aliphatic carbocycles. The molecule has 2 nitrogen and oxygen atoms in total. The number of hydrogen-bond donors (Lipinski definition) is 1. The zero-order valence-corrected chi connectivity index (χ0v) is 8.46. The van der Waals surface area contributed by atoms with E-state index in [1.165, 1.54) is 5.56 Å². The lowest BCUT2D eigenvalue weighted by Crippen LogP contribution is -2.17. The van der Waals surface area contributed by atoms with Gasteiger partial charge in [-0.1, -0.05) is 18.2 Å². The zero-order chi connectivity index (χ0) is 9.84. The molecule has 0 bridgehead atoms. The summed E-state index contributed by atoms with van der Waals surface area (Å²) in [7, 11) is 1.93. The van der Waals surface area contributed by atoms with E-state index in [9.17, 15) is 0 Å². The molecule has 1 rings (SSSR count). The number of rotatable bonds is 3. The maximum absolute atomic E-state index is 4.25. The van der Waals surface area contributed by atoms with Crippen LogP contribution >= 0.6 is 0 Å². The Bertz CT molecular complexity index is 287. The monoisotopic (exact) mass is 176 g/mol. The van der Waals surface area contributed by atoms with Gasteiger partial charge in [0.15, 0.2) is 0 Å². The summed E-state index contributed by atoms with van der Waals surface area (Å²) in [6.45, 7) is 7.93. The average Bonchev–Trinajstić information content (AvgIpc) is 2.09. The number of likely N-dealkylation sites (N-methyl/N-ethyl adjacent to an activating group) is 1. The van der Waals surface area contributed by atoms with E-state index in [1.807, 2.05) is 33.2 Å². The summed E-state index contributed by atoms with van der Waals surface area (Å²) >= 11 is 0. The molecule has 1 atom stereocenters. The molecular weight excluding hydrogens is 160 g/mol. The maximum Gasteiger partial charge on any atom is 0.0543 e. The summed E-state index contributed by atoms with van der Waals surface area (Å²) in [4.78, 5) is 4.25. The topological polar surface area (TPSA) is 24.9 Å². The Balaban J connectivity index is 2.92. The quantitative estimate of drug-likeness (QED) is 0.714. The van der Waals surface area contributed by atoms with Gasteiger partial charge in [-0.15, -0.1) is 0 Å². The standard InChI is InChI=1S/C11H16N2/c1-8(2)11(12-4)10-6-5-9(3)13-7-10/h5-7,11-12H,1H2,2-4H3. The van der Waals surface area contributed by atoms with E-state index in [2.05, 4.69) is 22.9 Å². The minimum absolute atomic E-state index is 0.216. The Kier molecular flexibility index (Phi) is 3.20. The van der Waals surface area contributed by atoms with Gasteiger partial charge in [-0.3, -0.25) is 4.98 Å². The van der Waals surface area contributed by atoms with E-state index in [1.54, 1.807) is 0 Å². The summed E-state index contributed by atoms with van der Waals surface area (Å²) in [6.07, 6.45) is 1.89. The summed E-state index contributed by atoms with van der Waals surface area (Å²) in [5, 5.41) is 3.20. The van der Waals surface area contributed by atoms with Gasteiger partial charge < -0.3 is 5.32 Å². The van der Waals surface area contributed by atoms with Crippen molar-refractivity contribution < 1.29 is 0 Å². The van der Waals surface area contributed by atoms with E-state index in [4.69, 9.17) is 0 Å². The largest absolute Gasteiger partial charge is 0.310 e. The van der Waals surface area contributed by atoms with Crippen molar-refractivity contribution in [2.75, 3.05) is 7.05 Å². The lowest BCUT2D eigenvalue weighted by Gasteiger charge is -2.15. The molecule has 0 radical (unpaired) electrons. The van der Waals surface area contributed by atoms with Crippen molar-refractivity contribution in [1.29, 1.82) is 0 Å². The van der Waals surface area contributed by atoms with E-state index < -0.39 is 0 Å². The van der Waals surface area contributed by atoms with Crippen LogP contribution in [-0.2, 0) is 0 Å². The zero-order valence-electron chi connectivity index (χ0n) is 8.46. The fourth-order valence-electron chi connectivity index (χ4n) is 1.35. The molecule has 0 spiro atoms. The van der Waals surface area contributed by atoms with Crippen LogP contribution in [0.15, 0.2) is 30.5 Å². The second-order valence-electron chi connectivity index (χ2n) is 3.30. The molecule has 1 unspecified atom stereocenters. The predicted octanol–water partition coefficient (Wildman–Crippen LogP) is 2.23. The minimum Gasteiger partial charge on any atom is -0.310 e. The van der Waals surface area contributed by atoms with Crippen LogP contribution in [0, 0.1) is 6.92 Å². The van der Waals surface area contributed by atoms with Gasteiger partial charge >= 0.3 is 0 Å². The van der Waals surface area contributed by atoms with Crippen LogP contribution < -0.4 is 5.32 Å². The van der Waals surface area contributed by atoms with Crippen LogP contribution in [-0.4, -0.2) is 12.0 Å². The van der Waals surface area contributed by atoms with Gasteiger partial charge in [-0.2, -0.15) is 0 Å². The first-order valence-corrected chi connectivity index (χ1v) is 4.40. The van der Waals surface area contributed by atoms with Crippen LogP contribution in [0.1, 0.15) is 24.2 Å². The molecule has 2 heteroatoms. The summed E-state index contributed by atoms with van der Waals surface area (Å²) in [6, 6.07) is 4.31. The van der Waals surface area contributed by atoms with Crippen molar-refractivity contribution in [3.8, 4) is 0 Å². The predicted molar refractivity (Wildman–Crippen MR) is 55.6 cm³/mol. The molecule has 70 valence electrons. The number of aromatic nitrogens is 1. The molecule has 1 aromatic rings. The van der Waals surface area contributed by atoms with E-state index in [0.717, 1.165) is 11.3 Å². The summed E-state index contributed by atoms with van der Waals surface area (Å²) in [5.41, 5.74) is 3.31. The van der Waals surface area contributed by atoms with Crippen LogP contribution in [0.4, 0.5) is 0 Å². The molecule has 0 saturated carbocycles. The lowest BCUT2D eigenvalue weighted by molar-refractivity contribution is 0.676. The first-order valence-electron chi connectivity index (χ1n) is 4.40. The molecular formula is C11H16N2. The fourth-order valence-corrected chi connectivity index (χ4v) is 1.35. The average molecular weight is 176 g/mol. The van der Waals surface area contributed by atoms with Crippen molar-refractivity contribution in [2.24, 2.45) is 0 Å². The second-order valence-corrected chi connectivity index (χ2v) is 3.30. The van der Waals surface area contributed by atoms with E-state index in [-0.39, 0.29) is 6.04 Å². The molecule has 0 fully saturated rings. The molecule has 0 amide bonds.